The maximum absolute atomic E-state index is 13.2. The number of hydrogen-bond donors (Lipinski definition) is 1. The molecule has 2 heterocycles. The van der Waals surface area contributed by atoms with Gasteiger partial charge in [-0.05, 0) is 19.4 Å². The van der Waals surface area contributed by atoms with E-state index in [1.165, 1.54) is 11.0 Å². The fourth-order valence-corrected chi connectivity index (χ4v) is 4.71. The average Bonchev–Trinajstić information content (AvgIpc) is 3.35. The summed E-state index contributed by atoms with van der Waals surface area (Å²) in [6, 6.07) is 15.0. The highest BCUT2D eigenvalue weighted by Crippen LogP contribution is 2.43. The van der Waals surface area contributed by atoms with Crippen LogP contribution in [0.4, 0.5) is 5.13 Å². The van der Waals surface area contributed by atoms with Crippen LogP contribution in [0.25, 0.3) is 5.76 Å². The summed E-state index contributed by atoms with van der Waals surface area (Å²) < 4.78 is 5.11. The third kappa shape index (κ3) is 4.15. The summed E-state index contributed by atoms with van der Waals surface area (Å²) in [5, 5.41) is 11.3. The van der Waals surface area contributed by atoms with E-state index in [9.17, 15) is 19.5 Å². The molecule has 0 saturated carbocycles. The number of aliphatic hydroxyl groups is 1. The topological polar surface area (TPSA) is 96.8 Å². The minimum Gasteiger partial charge on any atom is -0.507 e. The summed E-state index contributed by atoms with van der Waals surface area (Å²) in [5.41, 5.74) is 2.38. The second-order valence-electron chi connectivity index (χ2n) is 7.74. The van der Waals surface area contributed by atoms with Crippen LogP contribution in [0, 0.1) is 13.8 Å². The molecule has 4 rings (SSSR count). The van der Waals surface area contributed by atoms with E-state index >= 15 is 0 Å². The number of esters is 1. The van der Waals surface area contributed by atoms with Crippen LogP contribution in [0.5, 0.6) is 0 Å². The Morgan fingerprint density at radius 2 is 1.82 bits per heavy atom. The van der Waals surface area contributed by atoms with Gasteiger partial charge in [-0.25, -0.2) is 9.78 Å². The van der Waals surface area contributed by atoms with E-state index in [1.807, 2.05) is 25.1 Å². The highest BCUT2D eigenvalue weighted by Gasteiger charge is 2.48. The lowest BCUT2D eigenvalue weighted by Gasteiger charge is -2.23. The zero-order chi connectivity index (χ0) is 24.4. The van der Waals surface area contributed by atoms with Gasteiger partial charge in [0, 0.05) is 5.56 Å². The Balaban J connectivity index is 1.86. The maximum atomic E-state index is 13.2. The van der Waals surface area contributed by atoms with Gasteiger partial charge in [0.25, 0.3) is 5.78 Å². The minimum atomic E-state index is -0.912. The van der Waals surface area contributed by atoms with E-state index in [0.29, 0.717) is 16.8 Å². The number of aliphatic hydroxyl groups excluding tert-OH is 1. The first-order chi connectivity index (χ1) is 16.3. The molecule has 0 spiro atoms. The van der Waals surface area contributed by atoms with E-state index < -0.39 is 23.7 Å². The third-order valence-electron chi connectivity index (χ3n) is 5.39. The molecule has 1 aromatic heterocycles. The molecule has 1 aliphatic rings. The number of benzene rings is 2. The number of rotatable bonds is 6. The number of ketones is 1. The molecule has 1 atom stereocenters. The van der Waals surface area contributed by atoms with E-state index in [4.69, 9.17) is 4.74 Å². The second-order valence-corrected chi connectivity index (χ2v) is 8.72. The van der Waals surface area contributed by atoms with Crippen molar-refractivity contribution in [2.75, 3.05) is 11.5 Å². The number of nitrogens with zero attached hydrogens (tertiary/aromatic N) is 2. The Hall–Kier alpha value is -4.04. The van der Waals surface area contributed by atoms with Gasteiger partial charge in [0.05, 0.1) is 17.3 Å². The highest BCUT2D eigenvalue weighted by atomic mass is 32.1. The van der Waals surface area contributed by atoms with Gasteiger partial charge in [0.2, 0.25) is 0 Å². The van der Waals surface area contributed by atoms with Gasteiger partial charge in [0.1, 0.15) is 17.2 Å². The molecule has 3 aromatic rings. The number of amides is 1. The number of ether oxygens (including phenoxy) is 1. The molecule has 1 amide bonds. The zero-order valence-electron chi connectivity index (χ0n) is 18.6. The second kappa shape index (κ2) is 9.44. The molecule has 2 aromatic carbocycles. The van der Waals surface area contributed by atoms with E-state index in [-0.39, 0.29) is 27.9 Å². The first-order valence-corrected chi connectivity index (χ1v) is 11.3. The van der Waals surface area contributed by atoms with Crippen LogP contribution in [0.3, 0.4) is 0 Å². The Kier molecular flexibility index (Phi) is 6.43. The molecule has 0 bridgehead atoms. The lowest BCUT2D eigenvalue weighted by atomic mass is 9.95. The quantitative estimate of drug-likeness (QED) is 0.182. The van der Waals surface area contributed by atoms with Crippen molar-refractivity contribution in [3.8, 4) is 0 Å². The largest absolute Gasteiger partial charge is 0.507 e. The molecule has 1 fully saturated rings. The van der Waals surface area contributed by atoms with Gasteiger partial charge >= 0.3 is 11.9 Å². The molecule has 1 unspecified atom stereocenters. The normalized spacial score (nSPS) is 17.1. The first-order valence-electron chi connectivity index (χ1n) is 10.5. The smallest absolute Gasteiger partial charge is 0.350 e. The molecule has 172 valence electrons. The van der Waals surface area contributed by atoms with E-state index in [2.05, 4.69) is 11.6 Å². The molecule has 1 N–H and O–H groups in total. The molecule has 0 radical (unpaired) electrons. The molecular formula is C26H22N2O5S. The summed E-state index contributed by atoms with van der Waals surface area (Å²) in [7, 11) is 0. The van der Waals surface area contributed by atoms with Crippen molar-refractivity contribution in [2.45, 2.75) is 19.9 Å². The molecular weight excluding hydrogens is 452 g/mol. The van der Waals surface area contributed by atoms with Crippen LogP contribution in [-0.2, 0) is 14.3 Å². The summed E-state index contributed by atoms with van der Waals surface area (Å²) >= 11 is 0.960. The van der Waals surface area contributed by atoms with Crippen LogP contribution in [0.15, 0.2) is 72.8 Å². The number of carbonyl (C=O) groups excluding carboxylic acids is 3. The van der Waals surface area contributed by atoms with E-state index in [0.717, 1.165) is 16.9 Å². The molecule has 7 nitrogen and oxygen atoms in total. The Morgan fingerprint density at radius 1 is 1.15 bits per heavy atom. The first kappa shape index (κ1) is 23.1. The number of thiazole rings is 1. The Morgan fingerprint density at radius 3 is 2.47 bits per heavy atom. The van der Waals surface area contributed by atoms with Gasteiger partial charge in [-0.15, -0.1) is 0 Å². The van der Waals surface area contributed by atoms with Gasteiger partial charge in [-0.2, -0.15) is 0 Å². The van der Waals surface area contributed by atoms with Gasteiger partial charge in [0.15, 0.2) is 5.13 Å². The molecule has 34 heavy (non-hydrogen) atoms. The predicted octanol–water partition coefficient (Wildman–Crippen LogP) is 4.73. The Bertz CT molecular complexity index is 1310. The molecule has 1 aliphatic heterocycles. The van der Waals surface area contributed by atoms with Crippen molar-refractivity contribution in [3.05, 3.63) is 100 Å². The maximum Gasteiger partial charge on any atom is 0.350 e. The van der Waals surface area contributed by atoms with Crippen molar-refractivity contribution < 1.29 is 24.2 Å². The number of anilines is 1. The monoisotopic (exact) mass is 474 g/mol. The number of carbonyl (C=O) groups is 3. The van der Waals surface area contributed by atoms with Crippen molar-refractivity contribution in [1.29, 1.82) is 0 Å². The zero-order valence-corrected chi connectivity index (χ0v) is 19.5. The summed E-state index contributed by atoms with van der Waals surface area (Å²) in [6.45, 7) is 7.10. The fourth-order valence-electron chi connectivity index (χ4n) is 3.72. The fraction of sp³-hybridized carbons (Fsp3) is 0.154. The van der Waals surface area contributed by atoms with Gasteiger partial charge in [-0.1, -0.05) is 84.2 Å². The molecule has 0 aliphatic carbocycles. The van der Waals surface area contributed by atoms with Crippen LogP contribution in [-0.4, -0.2) is 34.4 Å². The number of aryl methyl sites for hydroxylation is 2. The molecule has 1 saturated heterocycles. The van der Waals surface area contributed by atoms with Crippen LogP contribution < -0.4 is 4.90 Å². The lowest BCUT2D eigenvalue weighted by molar-refractivity contribution is -0.132. The predicted molar refractivity (Wildman–Crippen MR) is 130 cm³/mol. The van der Waals surface area contributed by atoms with Crippen LogP contribution in [0.1, 0.15) is 38.1 Å². The van der Waals surface area contributed by atoms with Crippen LogP contribution in [0.2, 0.25) is 0 Å². The SMILES string of the molecule is C=CCOC(=O)c1sc(N2C(=O)C(=O)/C(=C(/O)c3ccc(C)cc3)C2c2ccccc2)nc1C. The summed E-state index contributed by atoms with van der Waals surface area (Å²) in [5.74, 6) is -2.51. The van der Waals surface area contributed by atoms with E-state index in [1.54, 1.807) is 43.3 Å². The van der Waals surface area contributed by atoms with Crippen molar-refractivity contribution >= 4 is 39.9 Å². The minimum absolute atomic E-state index is 0.0382. The van der Waals surface area contributed by atoms with Crippen molar-refractivity contribution in [2.24, 2.45) is 0 Å². The van der Waals surface area contributed by atoms with Gasteiger partial charge < -0.3 is 9.84 Å². The highest BCUT2D eigenvalue weighted by molar-refractivity contribution is 7.17. The Labute approximate surface area is 200 Å². The molecule has 8 heteroatoms. The van der Waals surface area contributed by atoms with Crippen molar-refractivity contribution in [3.63, 3.8) is 0 Å². The van der Waals surface area contributed by atoms with Crippen molar-refractivity contribution in [1.82, 2.24) is 4.98 Å². The lowest BCUT2D eigenvalue weighted by Crippen LogP contribution is -2.29. The van der Waals surface area contributed by atoms with Gasteiger partial charge in [-0.3, -0.25) is 14.5 Å². The standard InChI is InChI=1S/C26H22N2O5S/c1-4-14-33-25(32)23-16(3)27-26(34-23)28-20(17-8-6-5-7-9-17)19(22(30)24(28)31)21(29)18-12-10-15(2)11-13-18/h4-13,20,29H,1,14H2,2-3H3/b21-19+. The third-order valence-corrected chi connectivity index (χ3v) is 6.53. The number of Topliss-reactive ketones (excluding diaryl/α,β-unsaturated/α-hetero) is 1. The average molecular weight is 475 g/mol. The number of aromatic nitrogens is 1. The summed E-state index contributed by atoms with van der Waals surface area (Å²) in [6.07, 6.45) is 1.45. The summed E-state index contributed by atoms with van der Waals surface area (Å²) in [4.78, 5) is 44.7. The van der Waals surface area contributed by atoms with Crippen LogP contribution >= 0.6 is 11.3 Å². The number of hydrogen-bond acceptors (Lipinski definition) is 7.